The minimum absolute atomic E-state index is 0.0198. The van der Waals surface area contributed by atoms with Gasteiger partial charge in [-0.1, -0.05) is 35.5 Å². The summed E-state index contributed by atoms with van der Waals surface area (Å²) in [5.74, 6) is 0.729. The number of rotatable bonds is 4. The first kappa shape index (κ1) is 16.0. The number of aromatic nitrogens is 3. The molecule has 1 aromatic carbocycles. The molecule has 7 heteroatoms. The molecule has 0 aliphatic carbocycles. The number of hydrogen-bond acceptors (Lipinski definition) is 7. The normalized spacial score (nSPS) is 21.5. The van der Waals surface area contributed by atoms with Crippen LogP contribution in [0.2, 0.25) is 0 Å². The molecule has 4 rings (SSSR count). The van der Waals surface area contributed by atoms with E-state index in [1.807, 2.05) is 13.0 Å². The van der Waals surface area contributed by atoms with Crippen LogP contribution in [0, 0.1) is 6.92 Å². The molecule has 25 heavy (non-hydrogen) atoms. The molecule has 2 atom stereocenters. The Balaban J connectivity index is 1.57. The standard InChI is InChI=1S/C18H21N5O2/c1-12-15-17(20-11-21-18(15)25-22-12)19-10-14-16(23(2)8-9-24-14)13-6-4-3-5-7-13/h3-7,11,14,16H,8-10H2,1-2H3,(H,19,20,21)/t14-,16-/m0/s1. The predicted octanol–water partition coefficient (Wildman–Crippen LogP) is 2.41. The van der Waals surface area contributed by atoms with Crippen LogP contribution in [0.25, 0.3) is 11.1 Å². The van der Waals surface area contributed by atoms with Crippen LogP contribution >= 0.6 is 0 Å². The van der Waals surface area contributed by atoms with E-state index in [0.29, 0.717) is 12.3 Å². The summed E-state index contributed by atoms with van der Waals surface area (Å²) in [6, 6.07) is 10.7. The van der Waals surface area contributed by atoms with E-state index in [9.17, 15) is 0 Å². The van der Waals surface area contributed by atoms with E-state index in [2.05, 4.69) is 56.7 Å². The van der Waals surface area contributed by atoms with Crippen molar-refractivity contribution in [2.75, 3.05) is 32.1 Å². The fourth-order valence-corrected chi connectivity index (χ4v) is 3.41. The first-order valence-electron chi connectivity index (χ1n) is 8.41. The molecule has 1 aliphatic rings. The van der Waals surface area contributed by atoms with E-state index < -0.39 is 0 Å². The molecule has 0 saturated carbocycles. The lowest BCUT2D eigenvalue weighted by molar-refractivity contribution is -0.0556. The maximum atomic E-state index is 6.07. The number of aryl methyl sites for hydroxylation is 1. The Morgan fingerprint density at radius 2 is 2.08 bits per heavy atom. The zero-order valence-corrected chi connectivity index (χ0v) is 14.3. The number of hydrogen-bond donors (Lipinski definition) is 1. The highest BCUT2D eigenvalue weighted by Crippen LogP contribution is 2.29. The van der Waals surface area contributed by atoms with E-state index in [4.69, 9.17) is 9.26 Å². The molecule has 1 aliphatic heterocycles. The van der Waals surface area contributed by atoms with Gasteiger partial charge in [-0.15, -0.1) is 0 Å². The summed E-state index contributed by atoms with van der Waals surface area (Å²) in [7, 11) is 2.14. The van der Waals surface area contributed by atoms with Gasteiger partial charge in [0, 0.05) is 13.1 Å². The molecule has 130 valence electrons. The Bertz CT molecular complexity index is 851. The van der Waals surface area contributed by atoms with Crippen LogP contribution in [-0.4, -0.2) is 52.9 Å². The maximum Gasteiger partial charge on any atom is 0.263 e. The largest absolute Gasteiger partial charge is 0.373 e. The number of morpholine rings is 1. The van der Waals surface area contributed by atoms with Crippen LogP contribution in [-0.2, 0) is 4.74 Å². The summed E-state index contributed by atoms with van der Waals surface area (Å²) < 4.78 is 11.3. The topological polar surface area (TPSA) is 76.3 Å². The number of fused-ring (bicyclic) bond motifs is 1. The number of nitrogens with one attached hydrogen (secondary N) is 1. The average molecular weight is 339 g/mol. The van der Waals surface area contributed by atoms with Gasteiger partial charge in [0.1, 0.15) is 17.5 Å². The van der Waals surface area contributed by atoms with Crippen LogP contribution in [0.5, 0.6) is 0 Å². The van der Waals surface area contributed by atoms with Crippen molar-refractivity contribution in [3.63, 3.8) is 0 Å². The van der Waals surface area contributed by atoms with Crippen molar-refractivity contribution < 1.29 is 9.26 Å². The number of anilines is 1. The molecular weight excluding hydrogens is 318 g/mol. The van der Waals surface area contributed by atoms with E-state index in [-0.39, 0.29) is 12.1 Å². The molecule has 3 aromatic rings. The fraction of sp³-hybridized carbons (Fsp3) is 0.389. The molecule has 1 saturated heterocycles. The van der Waals surface area contributed by atoms with Gasteiger partial charge in [0.25, 0.3) is 5.71 Å². The maximum absolute atomic E-state index is 6.07. The van der Waals surface area contributed by atoms with Gasteiger partial charge >= 0.3 is 0 Å². The summed E-state index contributed by atoms with van der Waals surface area (Å²) in [6.07, 6.45) is 1.50. The summed E-state index contributed by atoms with van der Waals surface area (Å²) in [5.41, 5.74) is 2.53. The van der Waals surface area contributed by atoms with E-state index >= 15 is 0 Å². The number of likely N-dealkylation sites (N-methyl/N-ethyl adjacent to an activating group) is 1. The SMILES string of the molecule is Cc1noc2ncnc(NC[C@@H]3OCCN(C)[C@H]3c3ccccc3)c12. The third-order valence-corrected chi connectivity index (χ3v) is 4.66. The van der Waals surface area contributed by atoms with Crippen LogP contribution in [0.15, 0.2) is 41.2 Å². The van der Waals surface area contributed by atoms with Crippen molar-refractivity contribution >= 4 is 16.9 Å². The molecule has 1 fully saturated rings. The van der Waals surface area contributed by atoms with Gasteiger partial charge < -0.3 is 14.6 Å². The molecule has 0 radical (unpaired) electrons. The van der Waals surface area contributed by atoms with E-state index in [1.54, 1.807) is 0 Å². The number of ether oxygens (including phenoxy) is 1. The summed E-state index contributed by atoms with van der Waals surface area (Å²) in [4.78, 5) is 10.8. The highest BCUT2D eigenvalue weighted by molar-refractivity contribution is 5.87. The molecule has 0 spiro atoms. The van der Waals surface area contributed by atoms with Crippen molar-refractivity contribution in [3.05, 3.63) is 47.9 Å². The molecule has 0 bridgehead atoms. The molecule has 2 aromatic heterocycles. The van der Waals surface area contributed by atoms with Crippen LogP contribution in [0.3, 0.4) is 0 Å². The fourth-order valence-electron chi connectivity index (χ4n) is 3.41. The second-order valence-corrected chi connectivity index (χ2v) is 6.30. The molecular formula is C18H21N5O2. The Morgan fingerprint density at radius 3 is 2.92 bits per heavy atom. The first-order chi connectivity index (χ1) is 12.2. The molecule has 0 amide bonds. The van der Waals surface area contributed by atoms with Crippen molar-refractivity contribution in [1.82, 2.24) is 20.0 Å². The van der Waals surface area contributed by atoms with Gasteiger partial charge in [0.2, 0.25) is 0 Å². The van der Waals surface area contributed by atoms with Crippen LogP contribution in [0.1, 0.15) is 17.3 Å². The highest BCUT2D eigenvalue weighted by atomic mass is 16.5. The van der Waals surface area contributed by atoms with Gasteiger partial charge in [-0.2, -0.15) is 4.98 Å². The lowest BCUT2D eigenvalue weighted by Crippen LogP contribution is -2.46. The minimum Gasteiger partial charge on any atom is -0.373 e. The van der Waals surface area contributed by atoms with Gasteiger partial charge in [-0.05, 0) is 19.5 Å². The monoisotopic (exact) mass is 339 g/mol. The van der Waals surface area contributed by atoms with Crippen molar-refractivity contribution in [3.8, 4) is 0 Å². The van der Waals surface area contributed by atoms with Crippen molar-refractivity contribution in [1.29, 1.82) is 0 Å². The summed E-state index contributed by atoms with van der Waals surface area (Å²) in [6.45, 7) is 4.16. The molecule has 7 nitrogen and oxygen atoms in total. The average Bonchev–Trinajstić information content (AvgIpc) is 3.02. The second kappa shape index (κ2) is 6.78. The van der Waals surface area contributed by atoms with E-state index in [0.717, 1.165) is 30.0 Å². The molecule has 3 heterocycles. The summed E-state index contributed by atoms with van der Waals surface area (Å²) in [5, 5.41) is 8.19. The zero-order valence-electron chi connectivity index (χ0n) is 14.3. The quantitative estimate of drug-likeness (QED) is 0.782. The molecule has 0 unspecified atom stereocenters. The Hall–Kier alpha value is -2.51. The summed E-state index contributed by atoms with van der Waals surface area (Å²) >= 11 is 0. The van der Waals surface area contributed by atoms with Gasteiger partial charge in [0.15, 0.2) is 0 Å². The van der Waals surface area contributed by atoms with Gasteiger partial charge in [-0.3, -0.25) is 4.90 Å². The predicted molar refractivity (Wildman–Crippen MR) is 94.4 cm³/mol. The molecule has 1 N–H and O–H groups in total. The lowest BCUT2D eigenvalue weighted by Gasteiger charge is -2.39. The van der Waals surface area contributed by atoms with Crippen LogP contribution < -0.4 is 5.32 Å². The van der Waals surface area contributed by atoms with Gasteiger partial charge in [-0.25, -0.2) is 4.98 Å². The highest BCUT2D eigenvalue weighted by Gasteiger charge is 2.31. The van der Waals surface area contributed by atoms with E-state index in [1.165, 1.54) is 11.9 Å². The smallest absolute Gasteiger partial charge is 0.263 e. The number of nitrogens with zero attached hydrogens (tertiary/aromatic N) is 4. The Labute approximate surface area is 146 Å². The zero-order chi connectivity index (χ0) is 17.2. The minimum atomic E-state index is 0.0198. The van der Waals surface area contributed by atoms with Gasteiger partial charge in [0.05, 0.1) is 24.4 Å². The van der Waals surface area contributed by atoms with Crippen molar-refractivity contribution in [2.45, 2.75) is 19.1 Å². The third kappa shape index (κ3) is 3.08. The van der Waals surface area contributed by atoms with Crippen molar-refractivity contribution in [2.24, 2.45) is 0 Å². The Morgan fingerprint density at radius 1 is 1.24 bits per heavy atom. The third-order valence-electron chi connectivity index (χ3n) is 4.66. The van der Waals surface area contributed by atoms with Crippen LogP contribution in [0.4, 0.5) is 5.82 Å². The number of benzene rings is 1. The first-order valence-corrected chi connectivity index (χ1v) is 8.41. The lowest BCUT2D eigenvalue weighted by atomic mass is 9.98. The second-order valence-electron chi connectivity index (χ2n) is 6.30. The Kier molecular flexibility index (Phi) is 4.33.